The van der Waals surface area contributed by atoms with Crippen LogP contribution in [0.5, 0.6) is 0 Å². The third-order valence-electron chi connectivity index (χ3n) is 2.63. The van der Waals surface area contributed by atoms with Crippen molar-refractivity contribution in [3.05, 3.63) is 35.6 Å². The molecule has 7 heteroatoms. The Balaban J connectivity index is 2.59. The van der Waals surface area contributed by atoms with E-state index in [1.54, 1.807) is 13.0 Å². The minimum absolute atomic E-state index is 0.142. The topological polar surface area (TPSA) is 87.7 Å². The number of carboxylic acid groups (broad SMARTS) is 1. The van der Waals surface area contributed by atoms with E-state index in [9.17, 15) is 14.0 Å². The third kappa shape index (κ3) is 4.85. The van der Waals surface area contributed by atoms with E-state index in [0.29, 0.717) is 5.56 Å². The summed E-state index contributed by atoms with van der Waals surface area (Å²) in [4.78, 5) is 22.5. The summed E-state index contributed by atoms with van der Waals surface area (Å²) in [6.07, 6.45) is 0. The van der Waals surface area contributed by atoms with Crippen LogP contribution < -0.4 is 10.6 Å². The van der Waals surface area contributed by atoms with Gasteiger partial charge in [0, 0.05) is 7.11 Å². The van der Waals surface area contributed by atoms with Gasteiger partial charge in [0.25, 0.3) is 0 Å². The first kappa shape index (κ1) is 15.9. The van der Waals surface area contributed by atoms with Crippen molar-refractivity contribution >= 4 is 12.0 Å². The largest absolute Gasteiger partial charge is 0.480 e. The number of rotatable bonds is 6. The Bertz CT molecular complexity index is 481. The number of nitrogens with one attached hydrogen (secondary N) is 2. The summed E-state index contributed by atoms with van der Waals surface area (Å²) in [5.41, 5.74) is 0.582. The quantitative estimate of drug-likeness (QED) is 0.734. The Morgan fingerprint density at radius 2 is 2.10 bits per heavy atom. The van der Waals surface area contributed by atoms with Crippen LogP contribution in [0.2, 0.25) is 0 Å². The van der Waals surface area contributed by atoms with Crippen molar-refractivity contribution in [2.24, 2.45) is 0 Å². The van der Waals surface area contributed by atoms with E-state index in [1.807, 2.05) is 0 Å². The maximum Gasteiger partial charge on any atom is 0.328 e. The van der Waals surface area contributed by atoms with Crippen LogP contribution >= 0.6 is 0 Å². The van der Waals surface area contributed by atoms with Gasteiger partial charge in [-0.25, -0.2) is 14.0 Å². The number of carbonyl (C=O) groups excluding carboxylic acids is 1. The number of ether oxygens (including phenoxy) is 1. The molecule has 6 nitrogen and oxygen atoms in total. The van der Waals surface area contributed by atoms with Gasteiger partial charge >= 0.3 is 12.0 Å². The first-order valence-electron chi connectivity index (χ1n) is 5.98. The van der Waals surface area contributed by atoms with E-state index in [-0.39, 0.29) is 6.61 Å². The highest BCUT2D eigenvalue weighted by Gasteiger charge is 2.20. The zero-order valence-electron chi connectivity index (χ0n) is 11.2. The molecule has 0 heterocycles. The predicted molar refractivity (Wildman–Crippen MR) is 69.8 cm³/mol. The lowest BCUT2D eigenvalue weighted by atomic mass is 10.1. The lowest BCUT2D eigenvalue weighted by molar-refractivity contribution is -0.140. The van der Waals surface area contributed by atoms with Crippen molar-refractivity contribution < 1.29 is 23.8 Å². The second-order valence-electron chi connectivity index (χ2n) is 4.24. The highest BCUT2D eigenvalue weighted by atomic mass is 19.1. The summed E-state index contributed by atoms with van der Waals surface area (Å²) in [6, 6.07) is 3.54. The summed E-state index contributed by atoms with van der Waals surface area (Å²) < 4.78 is 17.8. The number of hydrogen-bond acceptors (Lipinski definition) is 3. The number of aliphatic carboxylic acids is 1. The van der Waals surface area contributed by atoms with Gasteiger partial charge in [-0.1, -0.05) is 12.1 Å². The van der Waals surface area contributed by atoms with Crippen LogP contribution in [-0.2, 0) is 9.53 Å². The maximum atomic E-state index is 13.1. The summed E-state index contributed by atoms with van der Waals surface area (Å²) in [5.74, 6) is -1.60. The molecule has 0 fully saturated rings. The summed E-state index contributed by atoms with van der Waals surface area (Å²) >= 11 is 0. The van der Waals surface area contributed by atoms with E-state index in [4.69, 9.17) is 9.84 Å². The molecule has 0 aliphatic heterocycles. The number of benzene rings is 1. The second-order valence-corrected chi connectivity index (χ2v) is 4.24. The lowest BCUT2D eigenvalue weighted by Gasteiger charge is -2.18. The Kier molecular flexibility index (Phi) is 5.92. The molecule has 2 amide bonds. The van der Waals surface area contributed by atoms with Crippen LogP contribution in [0.15, 0.2) is 24.3 Å². The Hall–Kier alpha value is -2.15. The molecule has 1 aromatic carbocycles. The van der Waals surface area contributed by atoms with Crippen LogP contribution in [-0.4, -0.2) is 36.9 Å². The molecule has 0 bridgehead atoms. The fraction of sp³-hybridized carbons (Fsp3) is 0.385. The molecule has 2 atom stereocenters. The van der Waals surface area contributed by atoms with Crippen molar-refractivity contribution in [1.29, 1.82) is 0 Å². The molecule has 2 unspecified atom stereocenters. The monoisotopic (exact) mass is 284 g/mol. The molecule has 0 radical (unpaired) electrons. The van der Waals surface area contributed by atoms with Gasteiger partial charge in [0.15, 0.2) is 6.04 Å². The number of amides is 2. The second kappa shape index (κ2) is 7.44. The predicted octanol–water partition coefficient (Wildman–Crippen LogP) is 1.29. The highest BCUT2D eigenvalue weighted by Crippen LogP contribution is 2.13. The molecule has 0 saturated heterocycles. The SMILES string of the molecule is COCC(NC(=O)NC(C)c1cccc(F)c1)C(=O)O. The molecule has 0 aromatic heterocycles. The number of hydrogen-bond donors (Lipinski definition) is 3. The van der Waals surface area contributed by atoms with Gasteiger partial charge in [-0.15, -0.1) is 0 Å². The van der Waals surface area contributed by atoms with Gasteiger partial charge in [-0.2, -0.15) is 0 Å². The molecule has 3 N–H and O–H groups in total. The van der Waals surface area contributed by atoms with Gasteiger partial charge in [0.1, 0.15) is 5.82 Å². The number of methoxy groups -OCH3 is 1. The van der Waals surface area contributed by atoms with Crippen LogP contribution in [0, 0.1) is 5.82 Å². The van der Waals surface area contributed by atoms with Crippen molar-refractivity contribution in [2.45, 2.75) is 19.0 Å². The molecule has 0 spiro atoms. The fourth-order valence-corrected chi connectivity index (χ4v) is 1.60. The molecule has 20 heavy (non-hydrogen) atoms. The Morgan fingerprint density at radius 3 is 2.65 bits per heavy atom. The number of carbonyl (C=O) groups is 2. The molecule has 1 aromatic rings. The molecule has 0 saturated carbocycles. The Morgan fingerprint density at radius 1 is 1.40 bits per heavy atom. The smallest absolute Gasteiger partial charge is 0.328 e. The summed E-state index contributed by atoms with van der Waals surface area (Å²) in [6.45, 7) is 1.53. The zero-order valence-corrected chi connectivity index (χ0v) is 11.2. The average Bonchev–Trinajstić information content (AvgIpc) is 2.38. The van der Waals surface area contributed by atoms with E-state index >= 15 is 0 Å². The van der Waals surface area contributed by atoms with E-state index in [2.05, 4.69) is 10.6 Å². The first-order chi connectivity index (χ1) is 9.43. The number of urea groups is 1. The molecule has 0 aliphatic carbocycles. The summed E-state index contributed by atoms with van der Waals surface area (Å²) in [7, 11) is 1.34. The molecule has 0 aliphatic rings. The summed E-state index contributed by atoms with van der Waals surface area (Å²) in [5, 5.41) is 13.7. The Labute approximate surface area is 115 Å². The highest BCUT2D eigenvalue weighted by molar-refractivity contribution is 5.82. The van der Waals surface area contributed by atoms with Crippen LogP contribution in [0.1, 0.15) is 18.5 Å². The average molecular weight is 284 g/mol. The lowest BCUT2D eigenvalue weighted by Crippen LogP contribution is -2.48. The van der Waals surface area contributed by atoms with Crippen molar-refractivity contribution in [1.82, 2.24) is 10.6 Å². The van der Waals surface area contributed by atoms with Gasteiger partial charge in [0.2, 0.25) is 0 Å². The first-order valence-corrected chi connectivity index (χ1v) is 5.98. The van der Waals surface area contributed by atoms with Crippen molar-refractivity contribution in [3.8, 4) is 0 Å². The van der Waals surface area contributed by atoms with Gasteiger partial charge in [0.05, 0.1) is 12.6 Å². The molecule has 110 valence electrons. The maximum absolute atomic E-state index is 13.1. The van der Waals surface area contributed by atoms with Gasteiger partial charge < -0.3 is 20.5 Å². The normalized spacial score (nSPS) is 13.3. The fourth-order valence-electron chi connectivity index (χ4n) is 1.60. The van der Waals surface area contributed by atoms with Crippen molar-refractivity contribution in [3.63, 3.8) is 0 Å². The van der Waals surface area contributed by atoms with E-state index < -0.39 is 29.9 Å². The molecular weight excluding hydrogens is 267 g/mol. The van der Waals surface area contributed by atoms with Crippen molar-refractivity contribution in [2.75, 3.05) is 13.7 Å². The zero-order chi connectivity index (χ0) is 15.1. The van der Waals surface area contributed by atoms with Crippen LogP contribution in [0.25, 0.3) is 0 Å². The van der Waals surface area contributed by atoms with Gasteiger partial charge in [-0.3, -0.25) is 0 Å². The van der Waals surface area contributed by atoms with Gasteiger partial charge in [-0.05, 0) is 24.6 Å². The molecular formula is C13H17FN2O4. The van der Waals surface area contributed by atoms with Crippen LogP contribution in [0.3, 0.4) is 0 Å². The minimum atomic E-state index is -1.19. The van der Waals surface area contributed by atoms with E-state index in [1.165, 1.54) is 25.3 Å². The number of carboxylic acids is 1. The van der Waals surface area contributed by atoms with E-state index in [0.717, 1.165) is 0 Å². The third-order valence-corrected chi connectivity index (χ3v) is 2.63. The molecule has 1 rings (SSSR count). The van der Waals surface area contributed by atoms with Crippen LogP contribution in [0.4, 0.5) is 9.18 Å². The number of halogens is 1. The standard InChI is InChI=1S/C13H17FN2O4/c1-8(9-4-3-5-10(14)6-9)15-13(19)16-11(7-20-2)12(17)18/h3-6,8,11H,7H2,1-2H3,(H,17,18)(H2,15,16,19). The minimum Gasteiger partial charge on any atom is -0.480 e.